The van der Waals surface area contributed by atoms with Gasteiger partial charge in [-0.15, -0.1) is 10.2 Å². The van der Waals surface area contributed by atoms with Crippen molar-refractivity contribution in [1.29, 1.82) is 0 Å². The van der Waals surface area contributed by atoms with Gasteiger partial charge in [-0.25, -0.2) is 0 Å². The maximum atomic E-state index is 13.1. The van der Waals surface area contributed by atoms with Gasteiger partial charge in [0, 0.05) is 42.3 Å². The van der Waals surface area contributed by atoms with E-state index in [0.717, 1.165) is 33.4 Å². The molecule has 0 aliphatic carbocycles. The molecule has 0 fully saturated rings. The second-order valence-electron chi connectivity index (χ2n) is 9.90. The second-order valence-corrected chi connectivity index (χ2v) is 9.90. The summed E-state index contributed by atoms with van der Waals surface area (Å²) in [6, 6.07) is 21.8. The summed E-state index contributed by atoms with van der Waals surface area (Å²) in [6.45, 7) is 3.93. The largest absolute Gasteiger partial charge is 0.361 e. The molecule has 8 heteroatoms. The van der Waals surface area contributed by atoms with Crippen molar-refractivity contribution in [2.24, 2.45) is 5.73 Å². The van der Waals surface area contributed by atoms with E-state index in [1.54, 1.807) is 20.0 Å². The first-order valence-corrected chi connectivity index (χ1v) is 12.4. The topological polar surface area (TPSA) is 115 Å². The quantitative estimate of drug-likeness (QED) is 0.288. The van der Waals surface area contributed by atoms with Crippen LogP contribution in [0.4, 0.5) is 0 Å². The van der Waals surface area contributed by atoms with Gasteiger partial charge in [-0.3, -0.25) is 9.78 Å². The highest BCUT2D eigenvalue weighted by Gasteiger charge is 2.29. The van der Waals surface area contributed by atoms with Crippen LogP contribution in [0.2, 0.25) is 0 Å². The van der Waals surface area contributed by atoms with Crippen LogP contribution in [0, 0.1) is 0 Å². The lowest BCUT2D eigenvalue weighted by atomic mass is 10.0. The van der Waals surface area contributed by atoms with Crippen LogP contribution in [-0.2, 0) is 24.2 Å². The molecule has 0 aliphatic rings. The maximum Gasteiger partial charge on any atom is 0.240 e. The fourth-order valence-corrected chi connectivity index (χ4v) is 4.43. The van der Waals surface area contributed by atoms with Crippen molar-refractivity contribution in [3.8, 4) is 0 Å². The van der Waals surface area contributed by atoms with E-state index < -0.39 is 11.6 Å². The van der Waals surface area contributed by atoms with E-state index in [4.69, 9.17) is 5.73 Å². The smallest absolute Gasteiger partial charge is 0.240 e. The number of nitrogens with one attached hydrogen (secondary N) is 2. The number of hydrogen-bond acceptors (Lipinski definition) is 5. The molecule has 1 unspecified atom stereocenters. The minimum Gasteiger partial charge on any atom is -0.361 e. The van der Waals surface area contributed by atoms with Gasteiger partial charge in [0.15, 0.2) is 5.82 Å². The van der Waals surface area contributed by atoms with Crippen LogP contribution in [-0.4, -0.2) is 36.2 Å². The highest BCUT2D eigenvalue weighted by Crippen LogP contribution is 2.26. The average molecular weight is 494 g/mol. The highest BCUT2D eigenvalue weighted by molar-refractivity contribution is 5.86. The molecule has 0 saturated heterocycles. The molecule has 0 aliphatic heterocycles. The number of carbonyl (C=O) groups is 1. The number of rotatable bonds is 9. The van der Waals surface area contributed by atoms with Gasteiger partial charge >= 0.3 is 0 Å². The second kappa shape index (κ2) is 10.4. The fourth-order valence-electron chi connectivity index (χ4n) is 4.43. The molecule has 0 spiro atoms. The summed E-state index contributed by atoms with van der Waals surface area (Å²) in [5.41, 5.74) is 9.41. The van der Waals surface area contributed by atoms with Crippen LogP contribution < -0.4 is 11.1 Å². The number of pyridine rings is 1. The number of H-pyrrole nitrogens is 1. The molecule has 0 radical (unpaired) electrons. The molecule has 5 rings (SSSR count). The Labute approximate surface area is 216 Å². The van der Waals surface area contributed by atoms with Crippen LogP contribution >= 0.6 is 0 Å². The van der Waals surface area contributed by atoms with Crippen LogP contribution in [0.25, 0.3) is 10.9 Å². The van der Waals surface area contributed by atoms with Crippen molar-refractivity contribution >= 4 is 16.8 Å². The number of carbonyl (C=O) groups excluding carboxylic acids is 1. The van der Waals surface area contributed by atoms with E-state index in [1.165, 1.54) is 0 Å². The number of benzene rings is 2. The van der Waals surface area contributed by atoms with E-state index in [1.807, 2.05) is 60.9 Å². The average Bonchev–Trinajstić information content (AvgIpc) is 3.48. The molecule has 37 heavy (non-hydrogen) atoms. The zero-order valence-electron chi connectivity index (χ0n) is 21.1. The summed E-state index contributed by atoms with van der Waals surface area (Å²) in [4.78, 5) is 20.7. The number of nitrogens with two attached hydrogens (primary N) is 1. The Balaban J connectivity index is 1.57. The van der Waals surface area contributed by atoms with Gasteiger partial charge in [-0.1, -0.05) is 54.6 Å². The molecule has 2 aromatic carbocycles. The number of aromatic amines is 1. The molecular weight excluding hydrogens is 462 g/mol. The Kier molecular flexibility index (Phi) is 6.83. The standard InChI is InChI=1S/C29H31N7O/c1-29(2,30)28(37)33-25(16-22-18-32-24-13-7-6-12-23(22)24)27-35-34-26(15-20-9-4-3-5-10-20)36(27)19-21-11-8-14-31-17-21/h3-14,17-18,25,32H,15-16,19,30H2,1-2H3,(H,33,37). The van der Waals surface area contributed by atoms with E-state index in [2.05, 4.69) is 48.2 Å². The van der Waals surface area contributed by atoms with Crippen molar-refractivity contribution in [3.63, 3.8) is 0 Å². The first-order valence-electron chi connectivity index (χ1n) is 12.4. The zero-order valence-corrected chi connectivity index (χ0v) is 21.1. The summed E-state index contributed by atoms with van der Waals surface area (Å²) < 4.78 is 2.09. The van der Waals surface area contributed by atoms with Gasteiger partial charge < -0.3 is 20.6 Å². The number of hydrogen-bond donors (Lipinski definition) is 3. The number of fused-ring (bicyclic) bond motifs is 1. The number of amides is 1. The van der Waals surface area contributed by atoms with E-state index >= 15 is 0 Å². The lowest BCUT2D eigenvalue weighted by Gasteiger charge is -2.24. The molecule has 1 amide bonds. The van der Waals surface area contributed by atoms with Crippen molar-refractivity contribution in [2.75, 3.05) is 0 Å². The van der Waals surface area contributed by atoms with Gasteiger partial charge in [0.25, 0.3) is 0 Å². The van der Waals surface area contributed by atoms with Gasteiger partial charge in [0.1, 0.15) is 5.82 Å². The molecule has 0 bridgehead atoms. The number of nitrogens with zero attached hydrogens (tertiary/aromatic N) is 4. The summed E-state index contributed by atoms with van der Waals surface area (Å²) in [5.74, 6) is 1.24. The summed E-state index contributed by atoms with van der Waals surface area (Å²) >= 11 is 0. The summed E-state index contributed by atoms with van der Waals surface area (Å²) in [7, 11) is 0. The Hall–Kier alpha value is -4.30. The monoisotopic (exact) mass is 493 g/mol. The molecule has 8 nitrogen and oxygen atoms in total. The molecule has 4 N–H and O–H groups in total. The molecule has 3 heterocycles. The molecule has 0 saturated carbocycles. The van der Waals surface area contributed by atoms with E-state index in [0.29, 0.717) is 25.2 Å². The molecule has 3 aromatic heterocycles. The minimum absolute atomic E-state index is 0.252. The summed E-state index contributed by atoms with van der Waals surface area (Å²) in [6.07, 6.45) is 6.73. The van der Waals surface area contributed by atoms with Crippen LogP contribution in [0.5, 0.6) is 0 Å². The first kappa shape index (κ1) is 24.4. The first-order chi connectivity index (χ1) is 17.9. The fraction of sp³-hybridized carbons (Fsp3) is 0.241. The third-order valence-electron chi connectivity index (χ3n) is 6.43. The Morgan fingerprint density at radius 1 is 1.03 bits per heavy atom. The SMILES string of the molecule is CC(C)(N)C(=O)NC(Cc1c[nH]c2ccccc12)c1nnc(Cc2ccccc2)n1Cc1cccnc1. The maximum absolute atomic E-state index is 13.1. The minimum atomic E-state index is -1.04. The van der Waals surface area contributed by atoms with Gasteiger partial charge in [-0.05, 0) is 42.7 Å². The van der Waals surface area contributed by atoms with Gasteiger partial charge in [0.05, 0.1) is 18.1 Å². The van der Waals surface area contributed by atoms with Crippen LogP contribution in [0.15, 0.2) is 85.3 Å². The van der Waals surface area contributed by atoms with Crippen molar-refractivity contribution < 1.29 is 4.79 Å². The van der Waals surface area contributed by atoms with Crippen LogP contribution in [0.1, 0.15) is 48.2 Å². The van der Waals surface area contributed by atoms with E-state index in [-0.39, 0.29) is 5.91 Å². The highest BCUT2D eigenvalue weighted by atomic mass is 16.2. The molecule has 188 valence electrons. The normalized spacial score (nSPS) is 12.5. The Bertz CT molecular complexity index is 1480. The van der Waals surface area contributed by atoms with Crippen LogP contribution in [0.3, 0.4) is 0 Å². The lowest BCUT2D eigenvalue weighted by molar-refractivity contribution is -0.126. The molecule has 1 atom stereocenters. The zero-order chi connectivity index (χ0) is 25.8. The van der Waals surface area contributed by atoms with Crippen molar-refractivity contribution in [1.82, 2.24) is 30.0 Å². The Morgan fingerprint density at radius 2 is 1.78 bits per heavy atom. The van der Waals surface area contributed by atoms with Crippen molar-refractivity contribution in [3.05, 3.63) is 114 Å². The number of aromatic nitrogens is 5. The predicted molar refractivity (Wildman–Crippen MR) is 144 cm³/mol. The Morgan fingerprint density at radius 3 is 2.54 bits per heavy atom. The molecule has 5 aromatic rings. The third-order valence-corrected chi connectivity index (χ3v) is 6.43. The predicted octanol–water partition coefficient (Wildman–Crippen LogP) is 3.93. The summed E-state index contributed by atoms with van der Waals surface area (Å²) in [5, 5.41) is 13.5. The van der Waals surface area contributed by atoms with E-state index in [9.17, 15) is 4.79 Å². The van der Waals surface area contributed by atoms with Gasteiger partial charge in [-0.2, -0.15) is 0 Å². The van der Waals surface area contributed by atoms with Crippen molar-refractivity contribution in [2.45, 2.75) is 44.8 Å². The third kappa shape index (κ3) is 5.59. The molecular formula is C29H31N7O. The number of para-hydroxylation sites is 1. The lowest BCUT2D eigenvalue weighted by Crippen LogP contribution is -2.50. The van der Waals surface area contributed by atoms with Gasteiger partial charge in [0.2, 0.25) is 5.91 Å².